The topological polar surface area (TPSA) is 21.3 Å². The molecule has 0 amide bonds. The summed E-state index contributed by atoms with van der Waals surface area (Å²) >= 11 is 0. The van der Waals surface area contributed by atoms with E-state index in [-0.39, 0.29) is 11.6 Å². The first-order chi connectivity index (χ1) is 6.68. The molecule has 0 bridgehead atoms. The van der Waals surface area contributed by atoms with Gasteiger partial charge in [0.1, 0.15) is 0 Å². The number of hydrogen-bond donors (Lipinski definition) is 1. The van der Waals surface area contributed by atoms with Crippen molar-refractivity contribution in [2.75, 3.05) is 14.2 Å². The Hall–Kier alpha value is -0.340. The molecule has 0 aromatic carbocycles. The van der Waals surface area contributed by atoms with Crippen LogP contribution in [0.25, 0.3) is 0 Å². The van der Waals surface area contributed by atoms with Gasteiger partial charge in [0, 0.05) is 7.11 Å². The highest BCUT2D eigenvalue weighted by Crippen LogP contribution is 2.37. The van der Waals surface area contributed by atoms with Crippen LogP contribution in [-0.4, -0.2) is 25.8 Å². The predicted octanol–water partition coefficient (Wildman–Crippen LogP) is 2.36. The highest BCUT2D eigenvalue weighted by Gasteiger charge is 2.39. The average Bonchev–Trinajstić information content (AvgIpc) is 2.19. The maximum absolute atomic E-state index is 5.76. The average molecular weight is 197 g/mol. The molecule has 1 aliphatic rings. The Bertz CT molecular complexity index is 193. The van der Waals surface area contributed by atoms with Crippen molar-refractivity contribution in [3.05, 3.63) is 12.7 Å². The molecule has 0 radical (unpaired) electrons. The molecule has 0 spiro atoms. The van der Waals surface area contributed by atoms with Crippen molar-refractivity contribution in [2.24, 2.45) is 5.92 Å². The Labute approximate surface area is 87.7 Å². The third-order valence-corrected chi connectivity index (χ3v) is 3.51. The van der Waals surface area contributed by atoms with E-state index in [1.54, 1.807) is 0 Å². The Kier molecular flexibility index (Phi) is 4.14. The molecule has 1 N–H and O–H groups in total. The molecule has 0 aromatic heterocycles. The minimum atomic E-state index is -0.0197. The van der Waals surface area contributed by atoms with Crippen LogP contribution in [0.3, 0.4) is 0 Å². The summed E-state index contributed by atoms with van der Waals surface area (Å²) < 4.78 is 5.76. The lowest BCUT2D eigenvalue weighted by molar-refractivity contribution is -0.0668. The largest absolute Gasteiger partial charge is 0.376 e. The van der Waals surface area contributed by atoms with Gasteiger partial charge < -0.3 is 10.1 Å². The first-order valence-corrected chi connectivity index (χ1v) is 5.53. The molecule has 1 fully saturated rings. The fraction of sp³-hybridized carbons (Fsp3) is 0.833. The standard InChI is InChI=1S/C12H23NO/c1-5-11(13-3)12(14-4)8-6-7-10(2)9-12/h5,10-11,13H,1,6-9H2,2-4H3. The highest BCUT2D eigenvalue weighted by atomic mass is 16.5. The number of ether oxygens (including phenoxy) is 1. The molecule has 82 valence electrons. The Balaban J connectivity index is 2.77. The van der Waals surface area contributed by atoms with Crippen LogP contribution in [0.2, 0.25) is 0 Å². The van der Waals surface area contributed by atoms with Crippen molar-refractivity contribution < 1.29 is 4.74 Å². The lowest BCUT2D eigenvalue weighted by Crippen LogP contribution is -2.52. The maximum atomic E-state index is 5.76. The predicted molar refractivity (Wildman–Crippen MR) is 60.4 cm³/mol. The third kappa shape index (κ3) is 2.18. The number of methoxy groups -OCH3 is 1. The molecule has 3 atom stereocenters. The second kappa shape index (κ2) is 4.94. The Morgan fingerprint density at radius 1 is 1.64 bits per heavy atom. The molecule has 0 aromatic rings. The summed E-state index contributed by atoms with van der Waals surface area (Å²) in [5.41, 5.74) is -0.0197. The fourth-order valence-corrected chi connectivity index (χ4v) is 2.73. The van der Waals surface area contributed by atoms with Gasteiger partial charge in [-0.3, -0.25) is 0 Å². The minimum Gasteiger partial charge on any atom is -0.376 e. The van der Waals surface area contributed by atoms with Crippen molar-refractivity contribution in [3.8, 4) is 0 Å². The molecule has 0 heterocycles. The van der Waals surface area contributed by atoms with Crippen LogP contribution in [-0.2, 0) is 4.74 Å². The first-order valence-electron chi connectivity index (χ1n) is 5.53. The Morgan fingerprint density at radius 2 is 2.36 bits per heavy atom. The third-order valence-electron chi connectivity index (χ3n) is 3.51. The van der Waals surface area contributed by atoms with Gasteiger partial charge in [0.2, 0.25) is 0 Å². The summed E-state index contributed by atoms with van der Waals surface area (Å²) in [6.07, 6.45) is 6.85. The van der Waals surface area contributed by atoms with E-state index in [4.69, 9.17) is 4.74 Å². The van der Waals surface area contributed by atoms with E-state index in [1.807, 2.05) is 20.2 Å². The second-order valence-corrected chi connectivity index (χ2v) is 4.47. The van der Waals surface area contributed by atoms with Gasteiger partial charge >= 0.3 is 0 Å². The molecule has 1 rings (SSSR count). The maximum Gasteiger partial charge on any atom is 0.0868 e. The van der Waals surface area contributed by atoms with E-state index in [0.717, 1.165) is 18.8 Å². The monoisotopic (exact) mass is 197 g/mol. The van der Waals surface area contributed by atoms with Crippen molar-refractivity contribution in [1.29, 1.82) is 0 Å². The van der Waals surface area contributed by atoms with E-state index >= 15 is 0 Å². The molecule has 0 aliphatic heterocycles. The molecule has 2 heteroatoms. The molecule has 1 saturated carbocycles. The number of hydrogen-bond acceptors (Lipinski definition) is 2. The molecule has 14 heavy (non-hydrogen) atoms. The van der Waals surface area contributed by atoms with Crippen LogP contribution < -0.4 is 5.32 Å². The number of likely N-dealkylation sites (N-methyl/N-ethyl adjacent to an activating group) is 1. The molecule has 3 unspecified atom stereocenters. The molecular formula is C12H23NO. The lowest BCUT2D eigenvalue weighted by Gasteiger charge is -2.43. The van der Waals surface area contributed by atoms with Crippen molar-refractivity contribution in [3.63, 3.8) is 0 Å². The quantitative estimate of drug-likeness (QED) is 0.699. The van der Waals surface area contributed by atoms with Gasteiger partial charge in [-0.05, 0) is 25.8 Å². The van der Waals surface area contributed by atoms with Crippen LogP contribution in [0.1, 0.15) is 32.6 Å². The SMILES string of the molecule is C=CC(NC)C1(OC)CCCC(C)C1. The first kappa shape index (κ1) is 11.7. The molecule has 1 aliphatic carbocycles. The van der Waals surface area contributed by atoms with E-state index in [0.29, 0.717) is 0 Å². The van der Waals surface area contributed by atoms with Gasteiger partial charge in [0.05, 0.1) is 11.6 Å². The van der Waals surface area contributed by atoms with E-state index in [2.05, 4.69) is 18.8 Å². The summed E-state index contributed by atoms with van der Waals surface area (Å²) in [7, 11) is 3.80. The van der Waals surface area contributed by atoms with E-state index in [9.17, 15) is 0 Å². The van der Waals surface area contributed by atoms with E-state index in [1.165, 1.54) is 12.8 Å². The smallest absolute Gasteiger partial charge is 0.0868 e. The van der Waals surface area contributed by atoms with E-state index < -0.39 is 0 Å². The van der Waals surface area contributed by atoms with Gasteiger partial charge in [-0.25, -0.2) is 0 Å². The van der Waals surface area contributed by atoms with Gasteiger partial charge in [0.25, 0.3) is 0 Å². The van der Waals surface area contributed by atoms with Gasteiger partial charge in [-0.2, -0.15) is 0 Å². The lowest BCUT2D eigenvalue weighted by atomic mass is 9.74. The van der Waals surface area contributed by atoms with Crippen LogP contribution in [0.15, 0.2) is 12.7 Å². The summed E-state index contributed by atoms with van der Waals surface area (Å²) in [4.78, 5) is 0. The zero-order valence-electron chi connectivity index (χ0n) is 9.68. The zero-order chi connectivity index (χ0) is 10.6. The number of rotatable bonds is 4. The van der Waals surface area contributed by atoms with Gasteiger partial charge in [-0.1, -0.05) is 25.8 Å². The Morgan fingerprint density at radius 3 is 2.79 bits per heavy atom. The zero-order valence-corrected chi connectivity index (χ0v) is 9.68. The fourth-order valence-electron chi connectivity index (χ4n) is 2.73. The van der Waals surface area contributed by atoms with Crippen molar-refractivity contribution in [2.45, 2.75) is 44.2 Å². The van der Waals surface area contributed by atoms with Crippen LogP contribution in [0, 0.1) is 5.92 Å². The van der Waals surface area contributed by atoms with Crippen molar-refractivity contribution in [1.82, 2.24) is 5.32 Å². The van der Waals surface area contributed by atoms with Crippen LogP contribution in [0.5, 0.6) is 0 Å². The molecule has 0 saturated heterocycles. The second-order valence-electron chi connectivity index (χ2n) is 4.47. The van der Waals surface area contributed by atoms with Crippen LogP contribution in [0.4, 0.5) is 0 Å². The van der Waals surface area contributed by atoms with Gasteiger partial charge in [-0.15, -0.1) is 6.58 Å². The molecular weight excluding hydrogens is 174 g/mol. The van der Waals surface area contributed by atoms with Crippen LogP contribution >= 0.6 is 0 Å². The highest BCUT2D eigenvalue weighted by molar-refractivity contribution is 5.04. The van der Waals surface area contributed by atoms with Crippen molar-refractivity contribution >= 4 is 0 Å². The van der Waals surface area contributed by atoms with Gasteiger partial charge in [0.15, 0.2) is 0 Å². The summed E-state index contributed by atoms with van der Waals surface area (Å²) in [6.45, 7) is 6.19. The number of nitrogens with one attached hydrogen (secondary N) is 1. The normalized spacial score (nSPS) is 35.2. The minimum absolute atomic E-state index is 0.0197. The summed E-state index contributed by atoms with van der Waals surface area (Å²) in [5, 5.41) is 3.29. The molecule has 2 nitrogen and oxygen atoms in total. The summed E-state index contributed by atoms with van der Waals surface area (Å²) in [6, 6.07) is 0.273. The summed E-state index contributed by atoms with van der Waals surface area (Å²) in [5.74, 6) is 0.763.